The van der Waals surface area contributed by atoms with Crippen LogP contribution in [0.1, 0.15) is 37.0 Å². The Kier molecular flexibility index (Phi) is 3.79. The minimum atomic E-state index is -3.52. The van der Waals surface area contributed by atoms with Crippen molar-refractivity contribution >= 4 is 21.6 Å². The monoisotopic (exact) mass is 352 g/mol. The molecule has 3 aromatic rings. The van der Waals surface area contributed by atoms with Crippen LogP contribution in [0.2, 0.25) is 0 Å². The number of alkyl halides is 2. The summed E-state index contributed by atoms with van der Waals surface area (Å²) in [6.45, 7) is 5.92. The van der Waals surface area contributed by atoms with Crippen LogP contribution in [0.4, 0.5) is 13.2 Å². The third kappa shape index (κ3) is 2.84. The van der Waals surface area contributed by atoms with Gasteiger partial charge in [-0.15, -0.1) is 11.3 Å². The molecule has 1 aromatic carbocycles. The van der Waals surface area contributed by atoms with Gasteiger partial charge < -0.3 is 4.98 Å². The van der Waals surface area contributed by atoms with Crippen molar-refractivity contribution in [2.45, 2.75) is 32.1 Å². The first kappa shape index (κ1) is 16.7. The fraction of sp³-hybridized carbons (Fsp3) is 0.294. The van der Waals surface area contributed by atoms with Crippen molar-refractivity contribution in [3.63, 3.8) is 0 Å². The van der Waals surface area contributed by atoms with Gasteiger partial charge in [0.1, 0.15) is 10.5 Å². The van der Waals surface area contributed by atoms with E-state index in [2.05, 4.69) is 9.97 Å². The van der Waals surface area contributed by atoms with Gasteiger partial charge in [0.25, 0.3) is 5.56 Å². The molecule has 2 heterocycles. The van der Waals surface area contributed by atoms with Crippen LogP contribution in [0, 0.1) is 5.82 Å². The lowest BCUT2D eigenvalue weighted by Crippen LogP contribution is -2.23. The molecule has 126 valence electrons. The highest BCUT2D eigenvalue weighted by Gasteiger charge is 2.37. The van der Waals surface area contributed by atoms with Gasteiger partial charge in [0.05, 0.1) is 5.52 Å². The van der Waals surface area contributed by atoms with Gasteiger partial charge in [-0.05, 0) is 35.7 Å². The van der Waals surface area contributed by atoms with Crippen molar-refractivity contribution in [3.05, 3.63) is 62.8 Å². The summed E-state index contributed by atoms with van der Waals surface area (Å²) in [5.41, 5.74) is -1.00. The smallest absolute Gasteiger partial charge is 0.304 e. The second-order valence-corrected chi connectivity index (χ2v) is 7.62. The predicted molar refractivity (Wildman–Crippen MR) is 88.3 cm³/mol. The number of nitrogens with zero attached hydrogens (tertiary/aromatic N) is 1. The topological polar surface area (TPSA) is 45.8 Å². The third-order valence-corrected chi connectivity index (χ3v) is 5.18. The van der Waals surface area contributed by atoms with Crippen LogP contribution in [0.25, 0.3) is 10.2 Å². The Morgan fingerprint density at radius 3 is 2.33 bits per heavy atom. The van der Waals surface area contributed by atoms with Crippen LogP contribution in [-0.2, 0) is 11.3 Å². The molecule has 0 spiro atoms. The van der Waals surface area contributed by atoms with Gasteiger partial charge in [-0.3, -0.25) is 4.79 Å². The Morgan fingerprint density at radius 1 is 1.12 bits per heavy atom. The van der Waals surface area contributed by atoms with Gasteiger partial charge in [0.15, 0.2) is 5.82 Å². The molecule has 0 aliphatic heterocycles. The van der Waals surface area contributed by atoms with Crippen LogP contribution in [0.15, 0.2) is 35.1 Å². The number of benzene rings is 1. The van der Waals surface area contributed by atoms with Crippen LogP contribution in [0.3, 0.4) is 0 Å². The Morgan fingerprint density at radius 2 is 1.75 bits per heavy atom. The van der Waals surface area contributed by atoms with Crippen molar-refractivity contribution in [1.82, 2.24) is 9.97 Å². The largest absolute Gasteiger partial charge is 0.329 e. The maximum Gasteiger partial charge on any atom is 0.329 e. The zero-order valence-corrected chi connectivity index (χ0v) is 14.1. The summed E-state index contributed by atoms with van der Waals surface area (Å²) < 4.78 is 42.5. The minimum absolute atomic E-state index is 0.211. The van der Waals surface area contributed by atoms with E-state index in [1.54, 1.807) is 6.07 Å². The molecule has 3 nitrogen and oxygen atoms in total. The molecule has 2 aromatic heterocycles. The minimum Gasteiger partial charge on any atom is -0.304 e. The van der Waals surface area contributed by atoms with E-state index in [1.807, 2.05) is 20.8 Å². The Hall–Kier alpha value is -2.15. The van der Waals surface area contributed by atoms with Crippen LogP contribution in [0.5, 0.6) is 0 Å². The molecule has 1 N–H and O–H groups in total. The fourth-order valence-corrected chi connectivity index (χ4v) is 3.30. The summed E-state index contributed by atoms with van der Waals surface area (Å²) in [5.74, 6) is -4.88. The van der Waals surface area contributed by atoms with E-state index in [9.17, 15) is 18.0 Å². The lowest BCUT2D eigenvalue weighted by Gasteiger charge is -2.15. The molecule has 0 radical (unpaired) electrons. The second-order valence-electron chi connectivity index (χ2n) is 6.57. The van der Waals surface area contributed by atoms with Gasteiger partial charge in [-0.25, -0.2) is 9.37 Å². The highest BCUT2D eigenvalue weighted by atomic mass is 32.1. The van der Waals surface area contributed by atoms with E-state index < -0.39 is 28.7 Å². The van der Waals surface area contributed by atoms with Gasteiger partial charge in [-0.1, -0.05) is 20.8 Å². The molecule has 0 atom stereocenters. The summed E-state index contributed by atoms with van der Waals surface area (Å²) in [5, 5.41) is 0. The number of hydrogen-bond donors (Lipinski definition) is 1. The van der Waals surface area contributed by atoms with Crippen LogP contribution < -0.4 is 5.56 Å². The molecule has 0 unspecified atom stereocenters. The molecule has 7 heteroatoms. The number of hydrogen-bond acceptors (Lipinski definition) is 3. The number of fused-ring (bicyclic) bond motifs is 1. The second kappa shape index (κ2) is 5.44. The van der Waals surface area contributed by atoms with Gasteiger partial charge >= 0.3 is 5.92 Å². The van der Waals surface area contributed by atoms with E-state index in [-0.39, 0.29) is 10.9 Å². The van der Waals surface area contributed by atoms with E-state index in [1.165, 1.54) is 11.3 Å². The van der Waals surface area contributed by atoms with Gasteiger partial charge in [-0.2, -0.15) is 8.78 Å². The molecule has 24 heavy (non-hydrogen) atoms. The Bertz CT molecular complexity index is 953. The number of halogens is 3. The first-order valence-corrected chi connectivity index (χ1v) is 8.09. The number of rotatable bonds is 2. The molecular weight excluding hydrogens is 337 g/mol. The van der Waals surface area contributed by atoms with Crippen molar-refractivity contribution in [3.8, 4) is 0 Å². The Balaban J connectivity index is 2.16. The third-order valence-electron chi connectivity index (χ3n) is 3.63. The van der Waals surface area contributed by atoms with E-state index in [0.717, 1.165) is 29.1 Å². The fourth-order valence-electron chi connectivity index (χ4n) is 2.25. The maximum atomic E-state index is 14.6. The van der Waals surface area contributed by atoms with E-state index >= 15 is 0 Å². The van der Waals surface area contributed by atoms with Crippen molar-refractivity contribution < 1.29 is 13.2 Å². The average molecular weight is 352 g/mol. The molecule has 0 saturated carbocycles. The lowest BCUT2D eigenvalue weighted by molar-refractivity contribution is 0.0329. The lowest BCUT2D eigenvalue weighted by atomic mass is 9.95. The molecule has 0 bridgehead atoms. The molecular formula is C17H15F3N2OS. The van der Waals surface area contributed by atoms with Crippen molar-refractivity contribution in [2.75, 3.05) is 0 Å². The molecule has 3 rings (SSSR count). The van der Waals surface area contributed by atoms with Gasteiger partial charge in [0, 0.05) is 10.4 Å². The zero-order valence-electron chi connectivity index (χ0n) is 13.3. The van der Waals surface area contributed by atoms with Gasteiger partial charge in [0.2, 0.25) is 0 Å². The zero-order chi connectivity index (χ0) is 17.7. The van der Waals surface area contributed by atoms with Crippen LogP contribution in [-0.4, -0.2) is 9.97 Å². The molecule has 0 saturated heterocycles. The molecule has 0 fully saturated rings. The number of aromatic nitrogens is 2. The summed E-state index contributed by atoms with van der Waals surface area (Å²) in [4.78, 5) is 19.2. The highest BCUT2D eigenvalue weighted by molar-refractivity contribution is 7.19. The SMILES string of the molecule is CC(C)(C)c1cc2nc(C(F)(F)c3ccc(F)cc3)[nH]c(=O)c2s1. The van der Waals surface area contributed by atoms with Crippen molar-refractivity contribution in [1.29, 1.82) is 0 Å². The highest BCUT2D eigenvalue weighted by Crippen LogP contribution is 2.36. The standard InChI is InChI=1S/C17H15F3N2OS/c1-16(2,3)12-8-11-13(24-12)14(23)22-15(21-11)17(19,20)9-4-6-10(18)7-5-9/h4-8H,1-3H3,(H,21,22,23). The number of H-pyrrole nitrogens is 1. The molecule has 0 amide bonds. The summed E-state index contributed by atoms with van der Waals surface area (Å²) in [6, 6.07) is 5.52. The summed E-state index contributed by atoms with van der Waals surface area (Å²) in [7, 11) is 0. The predicted octanol–water partition coefficient (Wildman–Crippen LogP) is 4.56. The first-order valence-electron chi connectivity index (χ1n) is 7.28. The summed E-state index contributed by atoms with van der Waals surface area (Å²) in [6.07, 6.45) is 0. The average Bonchev–Trinajstić information content (AvgIpc) is 2.92. The first-order chi connectivity index (χ1) is 11.1. The molecule has 0 aliphatic carbocycles. The number of nitrogens with one attached hydrogen (secondary N) is 1. The number of thiophene rings is 1. The van der Waals surface area contributed by atoms with Crippen molar-refractivity contribution in [2.24, 2.45) is 0 Å². The summed E-state index contributed by atoms with van der Waals surface area (Å²) >= 11 is 1.25. The number of aromatic amines is 1. The quantitative estimate of drug-likeness (QED) is 0.735. The Labute approximate surface area is 140 Å². The van der Waals surface area contributed by atoms with E-state index in [0.29, 0.717) is 4.70 Å². The normalized spacial score (nSPS) is 12.8. The van der Waals surface area contributed by atoms with Crippen LogP contribution >= 0.6 is 11.3 Å². The molecule has 0 aliphatic rings. The van der Waals surface area contributed by atoms with E-state index in [4.69, 9.17) is 0 Å². The maximum absolute atomic E-state index is 14.6.